The van der Waals surface area contributed by atoms with Crippen molar-refractivity contribution in [3.63, 3.8) is 0 Å². The molecule has 2 aromatic carbocycles. The molecular formula is C19H15N5O2S. The first kappa shape index (κ1) is 16.9. The van der Waals surface area contributed by atoms with E-state index in [1.165, 1.54) is 0 Å². The number of aromatic carboxylic acids is 1. The highest BCUT2D eigenvalue weighted by atomic mass is 32.1. The van der Waals surface area contributed by atoms with Crippen molar-refractivity contribution in [3.05, 3.63) is 59.9 Å². The van der Waals surface area contributed by atoms with Gasteiger partial charge in [0.2, 0.25) is 11.0 Å². The number of allylic oxidation sites excluding steroid dienone is 1. The van der Waals surface area contributed by atoms with Crippen LogP contribution in [0.5, 0.6) is 0 Å². The van der Waals surface area contributed by atoms with Gasteiger partial charge in [-0.25, -0.2) is 19.7 Å². The number of carbonyl (C=O) groups is 1. The molecule has 0 bridgehead atoms. The molecule has 8 heteroatoms. The SMILES string of the molecule is C=C(C)Nc1cccc(Nc2ncc3ccc4nc(C(=O)O)sc4c3n2)c1. The number of carboxylic acid groups (broad SMARTS) is 1. The standard InChI is InChI=1S/C19H15N5O2S/c1-10(2)21-12-4-3-5-13(8-12)22-19-20-9-11-6-7-14-16(15(11)24-19)27-17(23-14)18(25)26/h3-9,21H,1H2,2H3,(H,25,26)(H,20,22,24). The van der Waals surface area contributed by atoms with Crippen molar-refractivity contribution in [3.8, 4) is 0 Å². The summed E-state index contributed by atoms with van der Waals surface area (Å²) in [7, 11) is 0. The number of benzene rings is 2. The van der Waals surface area contributed by atoms with Crippen LogP contribution >= 0.6 is 11.3 Å². The van der Waals surface area contributed by atoms with Crippen molar-refractivity contribution >= 4 is 55.7 Å². The molecule has 0 saturated carbocycles. The largest absolute Gasteiger partial charge is 0.476 e. The van der Waals surface area contributed by atoms with Gasteiger partial charge >= 0.3 is 5.97 Å². The number of nitrogens with zero attached hydrogens (tertiary/aromatic N) is 3. The van der Waals surface area contributed by atoms with Gasteiger partial charge in [-0.2, -0.15) is 0 Å². The fourth-order valence-corrected chi connectivity index (χ4v) is 3.58. The van der Waals surface area contributed by atoms with Gasteiger partial charge in [0, 0.05) is 28.7 Å². The second kappa shape index (κ2) is 6.65. The third kappa shape index (κ3) is 3.42. The zero-order valence-electron chi connectivity index (χ0n) is 14.4. The van der Waals surface area contributed by atoms with Gasteiger partial charge < -0.3 is 15.7 Å². The monoisotopic (exact) mass is 377 g/mol. The number of fused-ring (bicyclic) bond motifs is 3. The van der Waals surface area contributed by atoms with Crippen LogP contribution < -0.4 is 10.6 Å². The summed E-state index contributed by atoms with van der Waals surface area (Å²) in [6, 6.07) is 11.3. The number of hydrogen-bond acceptors (Lipinski definition) is 7. The summed E-state index contributed by atoms with van der Waals surface area (Å²) in [5.74, 6) is -0.619. The summed E-state index contributed by atoms with van der Waals surface area (Å²) < 4.78 is 0.730. The third-order valence-corrected chi connectivity index (χ3v) is 4.83. The van der Waals surface area contributed by atoms with Crippen molar-refractivity contribution in [2.75, 3.05) is 10.6 Å². The molecule has 0 aliphatic rings. The molecule has 3 N–H and O–H groups in total. The molecule has 0 fully saturated rings. The van der Waals surface area contributed by atoms with E-state index in [4.69, 9.17) is 0 Å². The minimum absolute atomic E-state index is 0.0455. The molecular weight excluding hydrogens is 362 g/mol. The summed E-state index contributed by atoms with van der Waals surface area (Å²) >= 11 is 1.11. The molecule has 2 aromatic heterocycles. The molecule has 0 saturated heterocycles. The molecule has 0 aliphatic heterocycles. The number of carboxylic acids is 1. The lowest BCUT2D eigenvalue weighted by Gasteiger charge is -2.09. The molecule has 0 radical (unpaired) electrons. The van der Waals surface area contributed by atoms with E-state index >= 15 is 0 Å². The highest BCUT2D eigenvalue weighted by Crippen LogP contribution is 2.30. The van der Waals surface area contributed by atoms with Gasteiger partial charge in [0.15, 0.2) is 0 Å². The maximum atomic E-state index is 11.2. The maximum absolute atomic E-state index is 11.2. The van der Waals surface area contributed by atoms with Gasteiger partial charge in [-0.1, -0.05) is 12.6 Å². The number of rotatable bonds is 5. The Morgan fingerprint density at radius 2 is 2.00 bits per heavy atom. The van der Waals surface area contributed by atoms with Gasteiger partial charge in [0.25, 0.3) is 0 Å². The minimum Gasteiger partial charge on any atom is -0.476 e. The Morgan fingerprint density at radius 3 is 2.78 bits per heavy atom. The van der Waals surface area contributed by atoms with Crippen LogP contribution in [0.15, 0.2) is 54.9 Å². The van der Waals surface area contributed by atoms with Crippen LogP contribution in [0.25, 0.3) is 21.1 Å². The number of aromatic nitrogens is 3. The fraction of sp³-hybridized carbons (Fsp3) is 0.0526. The summed E-state index contributed by atoms with van der Waals surface area (Å²) in [6.45, 7) is 5.73. The second-order valence-electron chi connectivity index (χ2n) is 5.98. The molecule has 4 aromatic rings. The normalized spacial score (nSPS) is 10.9. The Kier molecular flexibility index (Phi) is 4.17. The van der Waals surface area contributed by atoms with Crippen LogP contribution in [0, 0.1) is 0 Å². The highest BCUT2D eigenvalue weighted by Gasteiger charge is 2.14. The Balaban J connectivity index is 1.73. The molecule has 0 aliphatic carbocycles. The van der Waals surface area contributed by atoms with E-state index in [1.54, 1.807) is 12.3 Å². The van der Waals surface area contributed by atoms with Crippen molar-refractivity contribution < 1.29 is 9.90 Å². The number of anilines is 3. The van der Waals surface area contributed by atoms with Crippen LogP contribution in [-0.2, 0) is 0 Å². The summed E-state index contributed by atoms with van der Waals surface area (Å²) in [5, 5.41) is 16.4. The lowest BCUT2D eigenvalue weighted by atomic mass is 10.2. The Morgan fingerprint density at radius 1 is 1.19 bits per heavy atom. The highest BCUT2D eigenvalue weighted by molar-refractivity contribution is 7.21. The van der Waals surface area contributed by atoms with Crippen LogP contribution in [0.2, 0.25) is 0 Å². The number of thiazole rings is 1. The Hall–Kier alpha value is -3.52. The van der Waals surface area contributed by atoms with Gasteiger partial charge in [-0.3, -0.25) is 0 Å². The van der Waals surface area contributed by atoms with Crippen molar-refractivity contribution in [2.24, 2.45) is 0 Å². The maximum Gasteiger partial charge on any atom is 0.365 e. The average molecular weight is 377 g/mol. The molecule has 4 rings (SSSR count). The topological polar surface area (TPSA) is 100 Å². The van der Waals surface area contributed by atoms with Crippen LogP contribution in [0.1, 0.15) is 16.7 Å². The minimum atomic E-state index is -1.04. The fourth-order valence-electron chi connectivity index (χ4n) is 2.68. The first-order chi connectivity index (χ1) is 13.0. The van der Waals surface area contributed by atoms with Crippen molar-refractivity contribution in [1.29, 1.82) is 0 Å². The molecule has 0 amide bonds. The van der Waals surface area contributed by atoms with E-state index in [0.717, 1.165) is 38.5 Å². The van der Waals surface area contributed by atoms with Gasteiger partial charge in [0.05, 0.1) is 15.7 Å². The first-order valence-corrected chi connectivity index (χ1v) is 8.90. The molecule has 0 spiro atoms. The van der Waals surface area contributed by atoms with Crippen LogP contribution in [0.3, 0.4) is 0 Å². The van der Waals surface area contributed by atoms with Crippen molar-refractivity contribution in [1.82, 2.24) is 15.0 Å². The first-order valence-electron chi connectivity index (χ1n) is 8.09. The van der Waals surface area contributed by atoms with Gasteiger partial charge in [-0.05, 0) is 37.3 Å². The Labute approximate surface area is 158 Å². The average Bonchev–Trinajstić information content (AvgIpc) is 3.06. The smallest absolute Gasteiger partial charge is 0.365 e. The molecule has 0 atom stereocenters. The summed E-state index contributed by atoms with van der Waals surface area (Å²) in [6.07, 6.45) is 1.71. The molecule has 0 unspecified atom stereocenters. The third-order valence-electron chi connectivity index (χ3n) is 3.77. The Bertz CT molecular complexity index is 1200. The lowest BCUT2D eigenvalue weighted by Crippen LogP contribution is -1.99. The van der Waals surface area contributed by atoms with E-state index in [0.29, 0.717) is 17.0 Å². The van der Waals surface area contributed by atoms with E-state index < -0.39 is 5.97 Å². The lowest BCUT2D eigenvalue weighted by molar-refractivity contribution is 0.0696. The summed E-state index contributed by atoms with van der Waals surface area (Å²) in [5.41, 5.74) is 3.86. The van der Waals surface area contributed by atoms with E-state index in [1.807, 2.05) is 37.3 Å². The second-order valence-corrected chi connectivity index (χ2v) is 6.98. The molecule has 134 valence electrons. The van der Waals surface area contributed by atoms with E-state index in [-0.39, 0.29) is 5.01 Å². The summed E-state index contributed by atoms with van der Waals surface area (Å²) in [4.78, 5) is 24.3. The molecule has 27 heavy (non-hydrogen) atoms. The van der Waals surface area contributed by atoms with Crippen LogP contribution in [-0.4, -0.2) is 26.0 Å². The van der Waals surface area contributed by atoms with Gasteiger partial charge in [-0.15, -0.1) is 11.3 Å². The molecule has 7 nitrogen and oxygen atoms in total. The predicted octanol–water partition coefficient (Wildman–Crippen LogP) is 4.63. The van der Waals surface area contributed by atoms with Crippen molar-refractivity contribution in [2.45, 2.75) is 6.92 Å². The van der Waals surface area contributed by atoms with E-state index in [2.05, 4.69) is 32.2 Å². The quantitative estimate of drug-likeness (QED) is 0.466. The molecule has 2 heterocycles. The van der Waals surface area contributed by atoms with Gasteiger partial charge in [0.1, 0.15) is 0 Å². The van der Waals surface area contributed by atoms with E-state index in [9.17, 15) is 9.90 Å². The zero-order valence-corrected chi connectivity index (χ0v) is 15.2. The zero-order chi connectivity index (χ0) is 19.0. The number of nitrogens with one attached hydrogen (secondary N) is 2. The number of hydrogen-bond donors (Lipinski definition) is 3. The van der Waals surface area contributed by atoms with Crippen LogP contribution in [0.4, 0.5) is 17.3 Å². The predicted molar refractivity (Wildman–Crippen MR) is 108 cm³/mol.